The Morgan fingerprint density at radius 2 is 2.12 bits per heavy atom. The van der Waals surface area contributed by atoms with Gasteiger partial charge in [0.05, 0.1) is 0 Å². The van der Waals surface area contributed by atoms with Crippen LogP contribution in [0.1, 0.15) is 44.6 Å². The number of halogens is 1. The van der Waals surface area contributed by atoms with Crippen LogP contribution in [0.15, 0.2) is 24.3 Å². The van der Waals surface area contributed by atoms with E-state index in [-0.39, 0.29) is 12.5 Å². The van der Waals surface area contributed by atoms with Crippen molar-refractivity contribution < 1.29 is 5.11 Å². The van der Waals surface area contributed by atoms with Crippen molar-refractivity contribution in [3.8, 4) is 0 Å². The van der Waals surface area contributed by atoms with Crippen LogP contribution >= 0.6 is 11.6 Å². The summed E-state index contributed by atoms with van der Waals surface area (Å²) in [5.74, 6) is 0.876. The lowest BCUT2D eigenvalue weighted by atomic mass is 9.88. The van der Waals surface area contributed by atoms with Crippen LogP contribution in [0.3, 0.4) is 0 Å². The summed E-state index contributed by atoms with van der Waals surface area (Å²) in [5.41, 5.74) is 1.15. The van der Waals surface area contributed by atoms with E-state index in [4.69, 9.17) is 11.6 Å². The zero-order valence-electron chi connectivity index (χ0n) is 10.1. The Bertz CT molecular complexity index is 311. The van der Waals surface area contributed by atoms with Crippen molar-refractivity contribution >= 4 is 11.6 Å². The summed E-state index contributed by atoms with van der Waals surface area (Å²) in [6, 6.07) is 7.83. The Hall–Kier alpha value is -0.530. The molecule has 0 aliphatic rings. The summed E-state index contributed by atoms with van der Waals surface area (Å²) in [7, 11) is 0. The fourth-order valence-corrected chi connectivity index (χ4v) is 2.37. The number of hydrogen-bond donors (Lipinski definition) is 1. The van der Waals surface area contributed by atoms with Crippen molar-refractivity contribution in [2.24, 2.45) is 5.92 Å². The zero-order valence-corrected chi connectivity index (χ0v) is 10.9. The minimum Gasteiger partial charge on any atom is -0.396 e. The van der Waals surface area contributed by atoms with E-state index in [0.717, 1.165) is 17.0 Å². The molecule has 0 fully saturated rings. The molecule has 0 amide bonds. The zero-order chi connectivity index (χ0) is 12.0. The lowest BCUT2D eigenvalue weighted by molar-refractivity contribution is 0.243. The van der Waals surface area contributed by atoms with E-state index < -0.39 is 0 Å². The largest absolute Gasteiger partial charge is 0.396 e. The highest BCUT2D eigenvalue weighted by molar-refractivity contribution is 6.30. The quantitative estimate of drug-likeness (QED) is 0.789. The fourth-order valence-electron chi connectivity index (χ4n) is 2.17. The second kappa shape index (κ2) is 6.93. The molecule has 90 valence electrons. The van der Waals surface area contributed by atoms with Gasteiger partial charge in [-0.15, -0.1) is 0 Å². The molecular formula is C14H21ClO. The van der Waals surface area contributed by atoms with Gasteiger partial charge in [-0.25, -0.2) is 0 Å². The van der Waals surface area contributed by atoms with Gasteiger partial charge in [-0.1, -0.05) is 50.4 Å². The van der Waals surface area contributed by atoms with Gasteiger partial charge in [0.15, 0.2) is 0 Å². The van der Waals surface area contributed by atoms with Gasteiger partial charge in [0.2, 0.25) is 0 Å². The van der Waals surface area contributed by atoms with Crippen LogP contribution in [-0.2, 0) is 0 Å². The van der Waals surface area contributed by atoms with Crippen molar-refractivity contribution in [1.29, 1.82) is 0 Å². The maximum Gasteiger partial charge on any atom is 0.0499 e. The molecular weight excluding hydrogens is 220 g/mol. The summed E-state index contributed by atoms with van der Waals surface area (Å²) in [6.45, 7) is 4.65. The van der Waals surface area contributed by atoms with E-state index in [0.29, 0.717) is 5.92 Å². The van der Waals surface area contributed by atoms with E-state index in [9.17, 15) is 5.11 Å². The molecule has 16 heavy (non-hydrogen) atoms. The summed E-state index contributed by atoms with van der Waals surface area (Å²) < 4.78 is 0. The maximum atomic E-state index is 9.44. The lowest BCUT2D eigenvalue weighted by Gasteiger charge is -2.19. The van der Waals surface area contributed by atoms with Gasteiger partial charge in [0, 0.05) is 17.5 Å². The molecule has 0 aliphatic heterocycles. The first-order valence-electron chi connectivity index (χ1n) is 6.03. The first kappa shape index (κ1) is 13.5. The van der Waals surface area contributed by atoms with Gasteiger partial charge in [-0.2, -0.15) is 0 Å². The number of benzene rings is 1. The lowest BCUT2D eigenvalue weighted by Crippen LogP contribution is -2.09. The van der Waals surface area contributed by atoms with E-state index in [2.05, 4.69) is 13.8 Å². The Balaban J connectivity index is 2.67. The number of hydrogen-bond acceptors (Lipinski definition) is 1. The molecule has 2 unspecified atom stereocenters. The van der Waals surface area contributed by atoms with Crippen LogP contribution in [0.25, 0.3) is 0 Å². The molecule has 1 aromatic carbocycles. The van der Waals surface area contributed by atoms with E-state index in [1.165, 1.54) is 12.8 Å². The van der Waals surface area contributed by atoms with Crippen LogP contribution in [0.5, 0.6) is 0 Å². The second-order valence-electron chi connectivity index (χ2n) is 4.56. The molecule has 0 saturated heterocycles. The average molecular weight is 241 g/mol. The molecule has 0 bridgehead atoms. The maximum absolute atomic E-state index is 9.44. The minimum atomic E-state index is 0.203. The highest BCUT2D eigenvalue weighted by Gasteiger charge is 2.14. The summed E-state index contributed by atoms with van der Waals surface area (Å²) in [6.07, 6.45) is 3.45. The fraction of sp³-hybridized carbons (Fsp3) is 0.571. The van der Waals surface area contributed by atoms with Crippen molar-refractivity contribution in [2.75, 3.05) is 6.61 Å². The Kier molecular flexibility index (Phi) is 5.86. The number of rotatable bonds is 6. The molecule has 1 N–H and O–H groups in total. The molecule has 2 heteroatoms. The Labute approximate surface area is 103 Å². The predicted octanol–water partition coefficient (Wildman–Crippen LogP) is 4.24. The van der Waals surface area contributed by atoms with E-state index in [1.807, 2.05) is 24.3 Å². The average Bonchev–Trinajstić information content (AvgIpc) is 2.26. The molecule has 0 heterocycles. The molecule has 1 aromatic rings. The monoisotopic (exact) mass is 240 g/mol. The van der Waals surface area contributed by atoms with Gasteiger partial charge in [0.1, 0.15) is 0 Å². The molecule has 0 aliphatic carbocycles. The van der Waals surface area contributed by atoms with Crippen LogP contribution in [0.4, 0.5) is 0 Å². The van der Waals surface area contributed by atoms with Gasteiger partial charge < -0.3 is 5.11 Å². The normalized spacial score (nSPS) is 14.8. The summed E-state index contributed by atoms with van der Waals surface area (Å²) in [4.78, 5) is 0. The second-order valence-corrected chi connectivity index (χ2v) is 5.00. The highest BCUT2D eigenvalue weighted by Crippen LogP contribution is 2.27. The standard InChI is InChI=1S/C14H21ClO/c1-3-5-11(2)8-13(10-16)12-6-4-7-14(15)9-12/h4,6-7,9,11,13,16H,3,5,8,10H2,1-2H3. The molecule has 1 nitrogen and oxygen atoms in total. The van der Waals surface area contributed by atoms with Crippen LogP contribution < -0.4 is 0 Å². The smallest absolute Gasteiger partial charge is 0.0499 e. The third-order valence-electron chi connectivity index (χ3n) is 3.01. The van der Waals surface area contributed by atoms with Crippen molar-refractivity contribution in [3.63, 3.8) is 0 Å². The van der Waals surface area contributed by atoms with Gasteiger partial charge in [-0.3, -0.25) is 0 Å². The van der Waals surface area contributed by atoms with Crippen molar-refractivity contribution in [2.45, 2.75) is 39.0 Å². The van der Waals surface area contributed by atoms with Gasteiger partial charge in [0.25, 0.3) is 0 Å². The van der Waals surface area contributed by atoms with Crippen LogP contribution in [0.2, 0.25) is 5.02 Å². The third-order valence-corrected chi connectivity index (χ3v) is 3.24. The first-order valence-corrected chi connectivity index (χ1v) is 6.41. The van der Waals surface area contributed by atoms with Gasteiger partial charge >= 0.3 is 0 Å². The predicted molar refractivity (Wildman–Crippen MR) is 70.0 cm³/mol. The summed E-state index contributed by atoms with van der Waals surface area (Å²) in [5, 5.41) is 10.2. The molecule has 1 rings (SSSR count). The van der Waals surface area contributed by atoms with Crippen molar-refractivity contribution in [3.05, 3.63) is 34.9 Å². The molecule has 0 aromatic heterocycles. The van der Waals surface area contributed by atoms with Crippen molar-refractivity contribution in [1.82, 2.24) is 0 Å². The Morgan fingerprint density at radius 3 is 2.69 bits per heavy atom. The third kappa shape index (κ3) is 4.15. The first-order chi connectivity index (χ1) is 7.67. The number of aliphatic hydroxyl groups is 1. The topological polar surface area (TPSA) is 20.2 Å². The molecule has 0 radical (unpaired) electrons. The summed E-state index contributed by atoms with van der Waals surface area (Å²) >= 11 is 5.96. The molecule has 0 saturated carbocycles. The molecule has 0 spiro atoms. The van der Waals surface area contributed by atoms with Gasteiger partial charge in [-0.05, 0) is 30.0 Å². The van der Waals surface area contributed by atoms with Crippen LogP contribution in [-0.4, -0.2) is 11.7 Å². The molecule has 2 atom stereocenters. The number of aliphatic hydroxyl groups excluding tert-OH is 1. The highest BCUT2D eigenvalue weighted by atomic mass is 35.5. The SMILES string of the molecule is CCCC(C)CC(CO)c1cccc(Cl)c1. The van der Waals surface area contributed by atoms with E-state index in [1.54, 1.807) is 0 Å². The van der Waals surface area contributed by atoms with E-state index >= 15 is 0 Å². The Morgan fingerprint density at radius 1 is 1.38 bits per heavy atom. The minimum absolute atomic E-state index is 0.203. The van der Waals surface area contributed by atoms with Crippen LogP contribution in [0, 0.1) is 5.92 Å².